The molecule has 4 nitrogen and oxygen atoms in total. The highest BCUT2D eigenvalue weighted by Gasteiger charge is 2.08. The molecule has 1 unspecified atom stereocenters. The van der Waals surface area contributed by atoms with E-state index in [2.05, 4.69) is 5.32 Å². The minimum atomic E-state index is -0.800. The van der Waals surface area contributed by atoms with Gasteiger partial charge >= 0.3 is 5.97 Å². The van der Waals surface area contributed by atoms with Gasteiger partial charge < -0.3 is 10.4 Å². The van der Waals surface area contributed by atoms with E-state index in [1.807, 2.05) is 25.1 Å². The number of carboxylic acids is 1. The van der Waals surface area contributed by atoms with Gasteiger partial charge in [0.1, 0.15) is 0 Å². The largest absolute Gasteiger partial charge is 0.481 e. The Bertz CT molecular complexity index is 376. The second kappa shape index (κ2) is 6.68. The summed E-state index contributed by atoms with van der Waals surface area (Å²) in [5.74, 6) is -0.752. The van der Waals surface area contributed by atoms with Gasteiger partial charge in [-0.3, -0.25) is 9.59 Å². The molecule has 0 aromatic heterocycles. The van der Waals surface area contributed by atoms with Crippen molar-refractivity contribution >= 4 is 11.9 Å². The molecular weight excluding hydrogens is 218 g/mol. The van der Waals surface area contributed by atoms with Crippen molar-refractivity contribution < 1.29 is 14.7 Å². The maximum Gasteiger partial charge on any atom is 0.303 e. The van der Waals surface area contributed by atoms with Crippen LogP contribution in [-0.4, -0.2) is 23.5 Å². The molecule has 1 atom stereocenters. The third kappa shape index (κ3) is 5.15. The van der Waals surface area contributed by atoms with Crippen molar-refractivity contribution in [3.05, 3.63) is 35.9 Å². The van der Waals surface area contributed by atoms with Crippen molar-refractivity contribution in [2.24, 2.45) is 5.92 Å². The Balaban J connectivity index is 2.31. The van der Waals surface area contributed by atoms with Crippen molar-refractivity contribution in [1.82, 2.24) is 5.32 Å². The van der Waals surface area contributed by atoms with Crippen LogP contribution in [0.3, 0.4) is 0 Å². The lowest BCUT2D eigenvalue weighted by Crippen LogP contribution is -2.28. The van der Waals surface area contributed by atoms with Gasteiger partial charge in [0.15, 0.2) is 0 Å². The molecule has 4 heteroatoms. The Kier molecular flexibility index (Phi) is 5.20. The standard InChI is InChI=1S/C13H17NO3/c1-10(7-8-12(15)16)9-14-13(17)11-5-3-2-4-6-11/h2-6,10H,7-9H2,1H3,(H,14,17)(H,15,16). The van der Waals surface area contributed by atoms with E-state index in [1.165, 1.54) is 0 Å². The Labute approximate surface area is 101 Å². The van der Waals surface area contributed by atoms with Crippen LogP contribution in [0.4, 0.5) is 0 Å². The number of benzene rings is 1. The number of hydrogen-bond donors (Lipinski definition) is 2. The highest BCUT2D eigenvalue weighted by molar-refractivity contribution is 5.94. The van der Waals surface area contributed by atoms with Gasteiger partial charge in [0.2, 0.25) is 0 Å². The fraction of sp³-hybridized carbons (Fsp3) is 0.385. The molecule has 0 spiro atoms. The third-order valence-electron chi connectivity index (χ3n) is 2.50. The second-order valence-electron chi connectivity index (χ2n) is 4.11. The smallest absolute Gasteiger partial charge is 0.303 e. The highest BCUT2D eigenvalue weighted by Crippen LogP contribution is 2.05. The van der Waals surface area contributed by atoms with Crippen LogP contribution in [0.15, 0.2) is 30.3 Å². The first kappa shape index (κ1) is 13.2. The number of rotatable bonds is 6. The van der Waals surface area contributed by atoms with E-state index in [1.54, 1.807) is 12.1 Å². The molecule has 0 radical (unpaired) electrons. The molecule has 1 aromatic rings. The van der Waals surface area contributed by atoms with E-state index < -0.39 is 5.97 Å². The van der Waals surface area contributed by atoms with Gasteiger partial charge in [-0.2, -0.15) is 0 Å². The molecule has 0 fully saturated rings. The molecule has 0 bridgehead atoms. The maximum absolute atomic E-state index is 11.7. The Morgan fingerprint density at radius 2 is 1.94 bits per heavy atom. The molecule has 0 saturated carbocycles. The molecule has 92 valence electrons. The minimum absolute atomic E-state index is 0.118. The summed E-state index contributed by atoms with van der Waals surface area (Å²) < 4.78 is 0. The van der Waals surface area contributed by atoms with Crippen LogP contribution in [0.1, 0.15) is 30.1 Å². The lowest BCUT2D eigenvalue weighted by atomic mass is 10.1. The van der Waals surface area contributed by atoms with E-state index in [-0.39, 0.29) is 18.2 Å². The molecule has 1 rings (SSSR count). The number of hydrogen-bond acceptors (Lipinski definition) is 2. The van der Waals surface area contributed by atoms with Gasteiger partial charge in [-0.25, -0.2) is 0 Å². The second-order valence-corrected chi connectivity index (χ2v) is 4.11. The molecule has 0 aliphatic rings. The van der Waals surface area contributed by atoms with Crippen molar-refractivity contribution in [2.45, 2.75) is 19.8 Å². The molecule has 0 aliphatic heterocycles. The summed E-state index contributed by atoms with van der Waals surface area (Å²) >= 11 is 0. The normalized spacial score (nSPS) is 11.8. The topological polar surface area (TPSA) is 66.4 Å². The Morgan fingerprint density at radius 3 is 2.53 bits per heavy atom. The van der Waals surface area contributed by atoms with Gasteiger partial charge in [0.25, 0.3) is 5.91 Å². The number of carbonyl (C=O) groups is 2. The first-order valence-electron chi connectivity index (χ1n) is 5.64. The van der Waals surface area contributed by atoms with Crippen molar-refractivity contribution in [2.75, 3.05) is 6.54 Å². The van der Waals surface area contributed by atoms with Gasteiger partial charge in [-0.1, -0.05) is 25.1 Å². The van der Waals surface area contributed by atoms with Crippen molar-refractivity contribution in [3.63, 3.8) is 0 Å². The summed E-state index contributed by atoms with van der Waals surface area (Å²) in [6.07, 6.45) is 0.715. The summed E-state index contributed by atoms with van der Waals surface area (Å²) in [4.78, 5) is 22.0. The monoisotopic (exact) mass is 235 g/mol. The van der Waals surface area contributed by atoms with Crippen molar-refractivity contribution in [3.8, 4) is 0 Å². The predicted octanol–water partition coefficient (Wildman–Crippen LogP) is 1.92. The number of nitrogens with one attached hydrogen (secondary N) is 1. The molecule has 0 heterocycles. The van der Waals surface area contributed by atoms with Crippen LogP contribution in [0, 0.1) is 5.92 Å². The van der Waals surface area contributed by atoms with Crippen LogP contribution in [0.2, 0.25) is 0 Å². The van der Waals surface area contributed by atoms with Gasteiger partial charge in [-0.05, 0) is 24.5 Å². The highest BCUT2D eigenvalue weighted by atomic mass is 16.4. The quantitative estimate of drug-likeness (QED) is 0.791. The summed E-state index contributed by atoms with van der Waals surface area (Å²) in [6, 6.07) is 8.96. The van der Waals surface area contributed by atoms with E-state index in [4.69, 9.17) is 5.11 Å². The molecule has 0 aliphatic carbocycles. The summed E-state index contributed by atoms with van der Waals surface area (Å²) in [5.41, 5.74) is 0.623. The third-order valence-corrected chi connectivity index (χ3v) is 2.50. The zero-order valence-electron chi connectivity index (χ0n) is 9.85. The first-order chi connectivity index (χ1) is 8.09. The first-order valence-corrected chi connectivity index (χ1v) is 5.64. The summed E-state index contributed by atoms with van der Waals surface area (Å²) in [6.45, 7) is 2.43. The minimum Gasteiger partial charge on any atom is -0.481 e. The lowest BCUT2D eigenvalue weighted by Gasteiger charge is -2.11. The van der Waals surface area contributed by atoms with Crippen LogP contribution < -0.4 is 5.32 Å². The lowest BCUT2D eigenvalue weighted by molar-refractivity contribution is -0.137. The average molecular weight is 235 g/mol. The van der Waals surface area contributed by atoms with E-state index in [9.17, 15) is 9.59 Å². The van der Waals surface area contributed by atoms with Crippen molar-refractivity contribution in [1.29, 1.82) is 0 Å². The molecule has 2 N–H and O–H groups in total. The van der Waals surface area contributed by atoms with Gasteiger partial charge in [0, 0.05) is 18.5 Å². The summed E-state index contributed by atoms with van der Waals surface area (Å²) in [7, 11) is 0. The molecule has 1 amide bonds. The number of aliphatic carboxylic acids is 1. The van der Waals surface area contributed by atoms with Crippen LogP contribution in [-0.2, 0) is 4.79 Å². The molecule has 17 heavy (non-hydrogen) atoms. The van der Waals surface area contributed by atoms with E-state index in [0.717, 1.165) is 0 Å². The predicted molar refractivity (Wildman–Crippen MR) is 64.8 cm³/mol. The number of carboxylic acid groups (broad SMARTS) is 1. The van der Waals surface area contributed by atoms with E-state index in [0.29, 0.717) is 18.5 Å². The average Bonchev–Trinajstić information content (AvgIpc) is 2.34. The number of amides is 1. The Morgan fingerprint density at radius 1 is 1.29 bits per heavy atom. The fourth-order valence-electron chi connectivity index (χ4n) is 1.43. The summed E-state index contributed by atoms with van der Waals surface area (Å²) in [5, 5.41) is 11.3. The van der Waals surface area contributed by atoms with Gasteiger partial charge in [-0.15, -0.1) is 0 Å². The fourth-order valence-corrected chi connectivity index (χ4v) is 1.43. The van der Waals surface area contributed by atoms with Crippen LogP contribution in [0.5, 0.6) is 0 Å². The Hall–Kier alpha value is -1.84. The van der Waals surface area contributed by atoms with E-state index >= 15 is 0 Å². The SMILES string of the molecule is CC(CCC(=O)O)CNC(=O)c1ccccc1. The molecule has 0 saturated heterocycles. The number of carbonyl (C=O) groups excluding carboxylic acids is 1. The molecular formula is C13H17NO3. The van der Waals surface area contributed by atoms with Gasteiger partial charge in [0.05, 0.1) is 0 Å². The zero-order chi connectivity index (χ0) is 12.7. The van der Waals surface area contributed by atoms with Crippen LogP contribution in [0.25, 0.3) is 0 Å². The molecule has 1 aromatic carbocycles. The van der Waals surface area contributed by atoms with Crippen LogP contribution >= 0.6 is 0 Å². The maximum atomic E-state index is 11.7. The zero-order valence-corrected chi connectivity index (χ0v) is 9.85.